The Bertz CT molecular complexity index is 423. The molecule has 1 heterocycles. The summed E-state index contributed by atoms with van der Waals surface area (Å²) in [7, 11) is 5.39. The fraction of sp³-hybridized carbons (Fsp3) is 0.625. The molecule has 0 aliphatic carbocycles. The van der Waals surface area contributed by atoms with Gasteiger partial charge in [0.25, 0.3) is 0 Å². The lowest BCUT2D eigenvalue weighted by Gasteiger charge is -2.16. The van der Waals surface area contributed by atoms with E-state index < -0.39 is 0 Å². The van der Waals surface area contributed by atoms with E-state index in [4.69, 9.17) is 9.47 Å². The van der Waals surface area contributed by atoms with Gasteiger partial charge < -0.3 is 19.7 Å². The average Bonchev–Trinajstić information content (AvgIpc) is 2.93. The molecule has 1 aromatic rings. The minimum absolute atomic E-state index is 0.798. The molecule has 0 saturated carbocycles. The molecule has 0 spiro atoms. The van der Waals surface area contributed by atoms with E-state index in [1.807, 2.05) is 13.1 Å². The molecule has 1 saturated heterocycles. The number of likely N-dealkylation sites (tertiary alicyclic amines) is 1. The van der Waals surface area contributed by atoms with Gasteiger partial charge in [-0.05, 0) is 56.6 Å². The molecular weight excluding hydrogens is 252 g/mol. The number of hydrogen-bond donors (Lipinski definition) is 1. The number of methoxy groups -OCH3 is 2. The van der Waals surface area contributed by atoms with Crippen LogP contribution in [0, 0.1) is 5.92 Å². The van der Waals surface area contributed by atoms with Gasteiger partial charge in [-0.25, -0.2) is 0 Å². The van der Waals surface area contributed by atoms with Gasteiger partial charge in [0.2, 0.25) is 0 Å². The second kappa shape index (κ2) is 7.50. The highest BCUT2D eigenvalue weighted by atomic mass is 16.5. The van der Waals surface area contributed by atoms with Crippen molar-refractivity contribution < 1.29 is 9.47 Å². The van der Waals surface area contributed by atoms with Crippen molar-refractivity contribution >= 4 is 0 Å². The first-order valence-corrected chi connectivity index (χ1v) is 7.34. The second-order valence-corrected chi connectivity index (χ2v) is 5.45. The molecule has 1 aliphatic rings. The molecule has 1 atom stereocenters. The zero-order chi connectivity index (χ0) is 14.4. The highest BCUT2D eigenvalue weighted by molar-refractivity contribution is 5.42. The first kappa shape index (κ1) is 15.1. The Morgan fingerprint density at radius 3 is 2.75 bits per heavy atom. The Morgan fingerprint density at radius 1 is 1.25 bits per heavy atom. The molecule has 0 amide bonds. The molecule has 0 aromatic heterocycles. The Hall–Kier alpha value is -1.26. The van der Waals surface area contributed by atoms with Gasteiger partial charge in [-0.15, -0.1) is 0 Å². The van der Waals surface area contributed by atoms with Crippen molar-refractivity contribution in [3.63, 3.8) is 0 Å². The summed E-state index contributed by atoms with van der Waals surface area (Å²) < 4.78 is 10.6. The molecule has 0 bridgehead atoms. The predicted octanol–water partition coefficient (Wildman–Crippen LogP) is 1.79. The maximum Gasteiger partial charge on any atom is 0.160 e. The van der Waals surface area contributed by atoms with Crippen LogP contribution in [0.1, 0.15) is 12.0 Å². The smallest absolute Gasteiger partial charge is 0.160 e. The normalized spacial score (nSPS) is 19.2. The average molecular weight is 278 g/mol. The minimum atomic E-state index is 0.798. The van der Waals surface area contributed by atoms with Crippen molar-refractivity contribution in [3.05, 3.63) is 23.8 Å². The topological polar surface area (TPSA) is 33.7 Å². The number of hydrogen-bond acceptors (Lipinski definition) is 4. The Morgan fingerprint density at radius 2 is 2.05 bits per heavy atom. The van der Waals surface area contributed by atoms with Crippen LogP contribution in [0.5, 0.6) is 11.5 Å². The van der Waals surface area contributed by atoms with Crippen LogP contribution in [-0.4, -0.2) is 52.3 Å². The van der Waals surface area contributed by atoms with Gasteiger partial charge >= 0.3 is 0 Å². The van der Waals surface area contributed by atoms with Crippen LogP contribution in [0.3, 0.4) is 0 Å². The lowest BCUT2D eigenvalue weighted by atomic mass is 10.1. The Kier molecular flexibility index (Phi) is 5.68. The fourth-order valence-corrected chi connectivity index (χ4v) is 2.89. The van der Waals surface area contributed by atoms with Crippen LogP contribution in [-0.2, 0) is 6.42 Å². The largest absolute Gasteiger partial charge is 0.493 e. The number of nitrogens with zero attached hydrogens (tertiary/aromatic N) is 1. The molecule has 1 aliphatic heterocycles. The van der Waals surface area contributed by atoms with Gasteiger partial charge in [-0.1, -0.05) is 6.07 Å². The second-order valence-electron chi connectivity index (χ2n) is 5.45. The molecule has 0 radical (unpaired) electrons. The first-order chi connectivity index (χ1) is 9.76. The van der Waals surface area contributed by atoms with E-state index in [-0.39, 0.29) is 0 Å². The summed E-state index contributed by atoms with van der Waals surface area (Å²) in [6.45, 7) is 4.69. The van der Waals surface area contributed by atoms with Gasteiger partial charge in [0.15, 0.2) is 11.5 Å². The molecule has 1 fully saturated rings. The summed E-state index contributed by atoms with van der Waals surface area (Å²) in [6, 6.07) is 6.20. The molecule has 1 N–H and O–H groups in total. The Labute approximate surface area is 122 Å². The third kappa shape index (κ3) is 3.87. The van der Waals surface area contributed by atoms with Crippen molar-refractivity contribution in [2.75, 3.05) is 47.4 Å². The van der Waals surface area contributed by atoms with E-state index in [9.17, 15) is 0 Å². The maximum atomic E-state index is 5.35. The maximum absolute atomic E-state index is 5.35. The minimum Gasteiger partial charge on any atom is -0.493 e. The molecule has 4 heteroatoms. The highest BCUT2D eigenvalue weighted by Crippen LogP contribution is 2.28. The first-order valence-electron chi connectivity index (χ1n) is 7.34. The van der Waals surface area contributed by atoms with E-state index in [0.29, 0.717) is 0 Å². The number of rotatable bonds is 7. The van der Waals surface area contributed by atoms with Crippen LogP contribution in [0.15, 0.2) is 18.2 Å². The van der Waals surface area contributed by atoms with Crippen molar-refractivity contribution in [2.24, 2.45) is 5.92 Å². The molecular formula is C16H26N2O2. The van der Waals surface area contributed by atoms with Gasteiger partial charge in [-0.2, -0.15) is 0 Å². The SMILES string of the molecule is CNCC1CCN(CCc2ccc(OC)c(OC)c2)C1. The molecule has 2 rings (SSSR count). The zero-order valence-corrected chi connectivity index (χ0v) is 12.8. The summed E-state index contributed by atoms with van der Waals surface area (Å²) in [5.41, 5.74) is 1.31. The lowest BCUT2D eigenvalue weighted by molar-refractivity contribution is 0.326. The van der Waals surface area contributed by atoms with E-state index in [2.05, 4.69) is 22.3 Å². The summed E-state index contributed by atoms with van der Waals surface area (Å²) in [5, 5.41) is 3.27. The number of ether oxygens (including phenoxy) is 2. The molecule has 20 heavy (non-hydrogen) atoms. The van der Waals surface area contributed by atoms with Crippen molar-refractivity contribution in [2.45, 2.75) is 12.8 Å². The third-order valence-corrected chi connectivity index (χ3v) is 4.03. The molecule has 1 aromatic carbocycles. The van der Waals surface area contributed by atoms with Gasteiger partial charge in [-0.3, -0.25) is 0 Å². The summed E-state index contributed by atoms with van der Waals surface area (Å²) in [6.07, 6.45) is 2.37. The summed E-state index contributed by atoms with van der Waals surface area (Å²) in [5.74, 6) is 2.43. The van der Waals surface area contributed by atoms with Gasteiger partial charge in [0.1, 0.15) is 0 Å². The third-order valence-electron chi connectivity index (χ3n) is 4.03. The lowest BCUT2D eigenvalue weighted by Crippen LogP contribution is -2.26. The number of nitrogens with one attached hydrogen (secondary N) is 1. The standard InChI is InChI=1S/C16H26N2O2/c1-17-11-14-7-9-18(12-14)8-6-13-4-5-15(19-2)16(10-13)20-3/h4-5,10,14,17H,6-9,11-12H2,1-3H3. The molecule has 112 valence electrons. The van der Waals surface area contributed by atoms with Crippen molar-refractivity contribution in [1.29, 1.82) is 0 Å². The van der Waals surface area contributed by atoms with E-state index in [1.54, 1.807) is 14.2 Å². The predicted molar refractivity (Wildman–Crippen MR) is 81.7 cm³/mol. The van der Waals surface area contributed by atoms with Crippen LogP contribution < -0.4 is 14.8 Å². The molecule has 1 unspecified atom stereocenters. The monoisotopic (exact) mass is 278 g/mol. The van der Waals surface area contributed by atoms with Crippen LogP contribution in [0.4, 0.5) is 0 Å². The Balaban J connectivity index is 1.85. The highest BCUT2D eigenvalue weighted by Gasteiger charge is 2.21. The van der Waals surface area contributed by atoms with Crippen molar-refractivity contribution in [3.8, 4) is 11.5 Å². The van der Waals surface area contributed by atoms with E-state index in [0.717, 1.165) is 36.9 Å². The zero-order valence-electron chi connectivity index (χ0n) is 12.8. The van der Waals surface area contributed by atoms with Gasteiger partial charge in [0.05, 0.1) is 14.2 Å². The van der Waals surface area contributed by atoms with Crippen LogP contribution in [0.25, 0.3) is 0 Å². The van der Waals surface area contributed by atoms with E-state index >= 15 is 0 Å². The summed E-state index contributed by atoms with van der Waals surface area (Å²) >= 11 is 0. The number of benzene rings is 1. The van der Waals surface area contributed by atoms with Crippen LogP contribution >= 0.6 is 0 Å². The summed E-state index contributed by atoms with van der Waals surface area (Å²) in [4.78, 5) is 2.55. The van der Waals surface area contributed by atoms with E-state index in [1.165, 1.54) is 25.1 Å². The van der Waals surface area contributed by atoms with Crippen LogP contribution in [0.2, 0.25) is 0 Å². The van der Waals surface area contributed by atoms with Gasteiger partial charge in [0, 0.05) is 13.1 Å². The molecule has 4 nitrogen and oxygen atoms in total. The fourth-order valence-electron chi connectivity index (χ4n) is 2.89. The quantitative estimate of drug-likeness (QED) is 0.824. The van der Waals surface area contributed by atoms with Crippen molar-refractivity contribution in [1.82, 2.24) is 10.2 Å².